The summed E-state index contributed by atoms with van der Waals surface area (Å²) in [7, 11) is 0. The molecule has 0 bridgehead atoms. The van der Waals surface area contributed by atoms with Crippen LogP contribution in [0.2, 0.25) is 0 Å². The van der Waals surface area contributed by atoms with Gasteiger partial charge in [-0.3, -0.25) is 9.59 Å². The number of carbonyl (C=O) groups excluding carboxylic acids is 2. The maximum atomic E-state index is 12.4. The second kappa shape index (κ2) is 9.30. The van der Waals surface area contributed by atoms with Crippen LogP contribution in [0.25, 0.3) is 0 Å². The van der Waals surface area contributed by atoms with Gasteiger partial charge in [-0.1, -0.05) is 18.9 Å². The van der Waals surface area contributed by atoms with Crippen LogP contribution in [0, 0.1) is 0 Å². The molecule has 0 atom stereocenters. The van der Waals surface area contributed by atoms with E-state index in [0.717, 1.165) is 31.6 Å². The molecule has 1 aliphatic heterocycles. The highest BCUT2D eigenvalue weighted by atomic mass is 16.2. The fourth-order valence-electron chi connectivity index (χ4n) is 3.07. The number of benzene rings is 1. The summed E-state index contributed by atoms with van der Waals surface area (Å²) in [5.74, 6) is 0.167. The van der Waals surface area contributed by atoms with Gasteiger partial charge >= 0.3 is 0 Å². The molecule has 1 aromatic carbocycles. The second-order valence-corrected chi connectivity index (χ2v) is 6.21. The minimum Gasteiger partial charge on any atom is -0.376 e. The molecule has 1 fully saturated rings. The van der Waals surface area contributed by atoms with Crippen molar-refractivity contribution in [3.05, 3.63) is 29.8 Å². The Morgan fingerprint density at radius 2 is 1.75 bits per heavy atom. The van der Waals surface area contributed by atoms with Gasteiger partial charge in [0.05, 0.1) is 6.54 Å². The molecule has 0 spiro atoms. The average molecular weight is 331 g/mol. The highest BCUT2D eigenvalue weighted by Crippen LogP contribution is 2.14. The Labute approximate surface area is 145 Å². The summed E-state index contributed by atoms with van der Waals surface area (Å²) < 4.78 is 0. The first-order chi connectivity index (χ1) is 11.7. The minimum absolute atomic E-state index is 0.0301. The van der Waals surface area contributed by atoms with E-state index in [-0.39, 0.29) is 18.4 Å². The van der Waals surface area contributed by atoms with Crippen LogP contribution < -0.4 is 5.32 Å². The van der Waals surface area contributed by atoms with Crippen LogP contribution in [0.1, 0.15) is 49.9 Å². The minimum atomic E-state index is 0.0301. The van der Waals surface area contributed by atoms with Crippen LogP contribution in [0.4, 0.5) is 5.69 Å². The fraction of sp³-hybridized carbons (Fsp3) is 0.579. The smallest absolute Gasteiger partial charge is 0.253 e. The van der Waals surface area contributed by atoms with Gasteiger partial charge in [0.2, 0.25) is 5.91 Å². The van der Waals surface area contributed by atoms with E-state index in [0.29, 0.717) is 18.7 Å². The average Bonchev–Trinajstić information content (AvgIpc) is 2.90. The van der Waals surface area contributed by atoms with E-state index in [1.165, 1.54) is 12.8 Å². The first kappa shape index (κ1) is 18.3. The number of anilines is 1. The lowest BCUT2D eigenvalue weighted by molar-refractivity contribution is -0.129. The van der Waals surface area contributed by atoms with Crippen molar-refractivity contribution < 1.29 is 9.59 Å². The molecule has 1 heterocycles. The van der Waals surface area contributed by atoms with Crippen molar-refractivity contribution in [1.29, 1.82) is 0 Å². The first-order valence-corrected chi connectivity index (χ1v) is 9.06. The van der Waals surface area contributed by atoms with Crippen LogP contribution in [-0.4, -0.2) is 54.3 Å². The zero-order valence-corrected chi connectivity index (χ0v) is 14.9. The molecule has 0 radical (unpaired) electrons. The summed E-state index contributed by atoms with van der Waals surface area (Å²) >= 11 is 0. The van der Waals surface area contributed by atoms with Crippen molar-refractivity contribution in [3.8, 4) is 0 Å². The molecule has 0 aromatic heterocycles. The van der Waals surface area contributed by atoms with Crippen molar-refractivity contribution in [2.24, 2.45) is 0 Å². The van der Waals surface area contributed by atoms with Crippen molar-refractivity contribution in [2.45, 2.75) is 39.5 Å². The van der Waals surface area contributed by atoms with Gasteiger partial charge in [0.1, 0.15) is 0 Å². The van der Waals surface area contributed by atoms with E-state index in [4.69, 9.17) is 0 Å². The number of rotatable bonds is 6. The number of hydrogen-bond acceptors (Lipinski definition) is 3. The molecule has 0 aliphatic carbocycles. The van der Waals surface area contributed by atoms with Crippen LogP contribution in [0.5, 0.6) is 0 Å². The highest BCUT2D eigenvalue weighted by molar-refractivity contribution is 5.95. The van der Waals surface area contributed by atoms with Crippen LogP contribution in [0.15, 0.2) is 24.3 Å². The van der Waals surface area contributed by atoms with Crippen molar-refractivity contribution in [1.82, 2.24) is 9.80 Å². The Morgan fingerprint density at radius 3 is 2.38 bits per heavy atom. The Kier molecular flexibility index (Phi) is 7.09. The highest BCUT2D eigenvalue weighted by Gasteiger charge is 2.16. The number of hydrogen-bond donors (Lipinski definition) is 1. The molecular weight excluding hydrogens is 302 g/mol. The molecule has 5 heteroatoms. The van der Waals surface area contributed by atoms with Gasteiger partial charge in [0, 0.05) is 37.4 Å². The third kappa shape index (κ3) is 4.98. The molecular formula is C19H29N3O2. The monoisotopic (exact) mass is 331 g/mol. The Balaban J connectivity index is 1.94. The fourth-order valence-corrected chi connectivity index (χ4v) is 3.07. The lowest BCUT2D eigenvalue weighted by Crippen LogP contribution is -2.36. The number of nitrogens with zero attached hydrogens (tertiary/aromatic N) is 2. The van der Waals surface area contributed by atoms with E-state index in [2.05, 4.69) is 5.32 Å². The Morgan fingerprint density at radius 1 is 1.08 bits per heavy atom. The molecule has 24 heavy (non-hydrogen) atoms. The van der Waals surface area contributed by atoms with Crippen LogP contribution in [-0.2, 0) is 4.79 Å². The summed E-state index contributed by atoms with van der Waals surface area (Å²) in [6, 6.07) is 7.41. The van der Waals surface area contributed by atoms with Gasteiger partial charge < -0.3 is 15.1 Å². The summed E-state index contributed by atoms with van der Waals surface area (Å²) in [5, 5.41) is 3.17. The van der Waals surface area contributed by atoms with E-state index in [9.17, 15) is 9.59 Å². The number of nitrogens with one attached hydrogen (secondary N) is 1. The number of amides is 2. The third-order valence-electron chi connectivity index (χ3n) is 4.56. The maximum absolute atomic E-state index is 12.4. The molecule has 1 saturated heterocycles. The van der Waals surface area contributed by atoms with Crippen LogP contribution >= 0.6 is 0 Å². The van der Waals surface area contributed by atoms with Gasteiger partial charge in [-0.25, -0.2) is 0 Å². The second-order valence-electron chi connectivity index (χ2n) is 6.21. The van der Waals surface area contributed by atoms with Gasteiger partial charge in [-0.2, -0.15) is 0 Å². The lowest BCUT2D eigenvalue weighted by Gasteiger charge is -2.21. The van der Waals surface area contributed by atoms with Crippen molar-refractivity contribution in [2.75, 3.05) is 38.0 Å². The topological polar surface area (TPSA) is 52.7 Å². The number of carbonyl (C=O) groups is 2. The SMILES string of the molecule is CCN(CC)C(=O)c1cccc(NCC(=O)N2CCCCCC2)c1. The summed E-state index contributed by atoms with van der Waals surface area (Å²) in [6.07, 6.45) is 4.62. The summed E-state index contributed by atoms with van der Waals surface area (Å²) in [6.45, 7) is 7.35. The predicted octanol–water partition coefficient (Wildman–Crippen LogP) is 2.98. The predicted molar refractivity (Wildman–Crippen MR) is 97.2 cm³/mol. The number of likely N-dealkylation sites (tertiary alicyclic amines) is 1. The Hall–Kier alpha value is -2.04. The third-order valence-corrected chi connectivity index (χ3v) is 4.56. The quantitative estimate of drug-likeness (QED) is 0.872. The largest absolute Gasteiger partial charge is 0.376 e. The lowest BCUT2D eigenvalue weighted by atomic mass is 10.1. The molecule has 132 valence electrons. The van der Waals surface area contributed by atoms with Gasteiger partial charge in [-0.05, 0) is 44.9 Å². The van der Waals surface area contributed by atoms with Crippen LogP contribution in [0.3, 0.4) is 0 Å². The van der Waals surface area contributed by atoms with Crippen molar-refractivity contribution in [3.63, 3.8) is 0 Å². The molecule has 0 unspecified atom stereocenters. The summed E-state index contributed by atoms with van der Waals surface area (Å²) in [5.41, 5.74) is 1.47. The molecule has 1 aliphatic rings. The standard InChI is InChI=1S/C19H29N3O2/c1-3-21(4-2)19(24)16-10-9-11-17(14-16)20-15-18(23)22-12-7-5-6-8-13-22/h9-11,14,20H,3-8,12-13,15H2,1-2H3. The van der Waals surface area contributed by atoms with Gasteiger partial charge in [0.15, 0.2) is 0 Å². The Bertz CT molecular complexity index is 547. The molecule has 1 N–H and O–H groups in total. The molecule has 2 rings (SSSR count). The zero-order valence-electron chi connectivity index (χ0n) is 14.9. The molecule has 1 aromatic rings. The van der Waals surface area contributed by atoms with E-state index < -0.39 is 0 Å². The van der Waals surface area contributed by atoms with Gasteiger partial charge in [0.25, 0.3) is 5.91 Å². The van der Waals surface area contributed by atoms with Gasteiger partial charge in [-0.15, -0.1) is 0 Å². The maximum Gasteiger partial charge on any atom is 0.253 e. The first-order valence-electron chi connectivity index (χ1n) is 9.06. The van der Waals surface area contributed by atoms with E-state index in [1.54, 1.807) is 4.90 Å². The molecule has 2 amide bonds. The summed E-state index contributed by atoms with van der Waals surface area (Å²) in [4.78, 5) is 28.5. The zero-order chi connectivity index (χ0) is 17.4. The molecule has 5 nitrogen and oxygen atoms in total. The van der Waals surface area contributed by atoms with E-state index >= 15 is 0 Å². The van der Waals surface area contributed by atoms with Crippen molar-refractivity contribution >= 4 is 17.5 Å². The van der Waals surface area contributed by atoms with E-state index in [1.807, 2.05) is 43.0 Å². The molecule has 0 saturated carbocycles. The normalized spacial score (nSPS) is 14.8.